The summed E-state index contributed by atoms with van der Waals surface area (Å²) in [4.78, 5) is 45.8. The zero-order valence-electron chi connectivity index (χ0n) is 23.4. The second kappa shape index (κ2) is 18.3. The number of unbranched alkanes of at least 4 members (excludes halogenated alkanes) is 2. The van der Waals surface area contributed by atoms with Gasteiger partial charge in [-0.05, 0) is 25.0 Å². The van der Waals surface area contributed by atoms with Gasteiger partial charge in [0.1, 0.15) is 25.1 Å². The molecule has 232 valence electrons. The van der Waals surface area contributed by atoms with Gasteiger partial charge in [-0.1, -0.05) is 6.42 Å². The van der Waals surface area contributed by atoms with Gasteiger partial charge in [0, 0.05) is 39.2 Å². The SMILES string of the molecule is O=C([O-])C(F)(F)F.O=C([O-])C(F)(F)F.[3H]CN(C(=O)NCCCCCC(=O)OCC[N+](C)(C)C)c1ccc([N+]#N)cc1. The van der Waals surface area contributed by atoms with E-state index in [0.717, 1.165) is 23.9 Å². The normalized spacial score (nSPS) is 11.3. The Labute approximate surface area is 233 Å². The number of esters is 1. The first-order valence-corrected chi connectivity index (χ1v) is 11.5. The molecule has 2 amide bonds. The molecule has 0 heterocycles. The van der Waals surface area contributed by atoms with Crippen molar-refractivity contribution in [2.45, 2.75) is 38.0 Å². The van der Waals surface area contributed by atoms with Crippen molar-refractivity contribution in [3.63, 3.8) is 0 Å². The van der Waals surface area contributed by atoms with Crippen molar-refractivity contribution < 1.29 is 66.3 Å². The van der Waals surface area contributed by atoms with Crippen molar-refractivity contribution >= 4 is 35.3 Å². The molecule has 1 N–H and O–H groups in total. The Morgan fingerprint density at radius 1 is 0.976 bits per heavy atom. The topological polar surface area (TPSA) is 167 Å². The molecule has 0 saturated carbocycles. The summed E-state index contributed by atoms with van der Waals surface area (Å²) in [6.45, 7) is 1.67. The molecule has 0 radical (unpaired) electrons. The standard InChI is InChI=1S/C19H30N5O3.2C2HF3O2/c1-23(17-11-9-16(22-20)10-12-17)19(26)21-13-7-5-6-8-18(25)27-15-14-24(2,3)4;2*3-2(4,5)1(6)7/h9-12H,5-8,13-15H2,1-4H3;2*(H,6,7)/q+1;;/p-1/i1T;;. The molecule has 41 heavy (non-hydrogen) atoms. The highest BCUT2D eigenvalue weighted by molar-refractivity contribution is 5.91. The first-order valence-electron chi connectivity index (χ1n) is 12.2. The van der Waals surface area contributed by atoms with Gasteiger partial charge >= 0.3 is 30.0 Å². The van der Waals surface area contributed by atoms with E-state index in [9.17, 15) is 35.9 Å². The zero-order chi connectivity index (χ0) is 33.1. The maximum atomic E-state index is 12.2. The Bertz CT molecular complexity index is 1020. The minimum absolute atomic E-state index is 0.184. The van der Waals surface area contributed by atoms with E-state index in [0.29, 0.717) is 37.4 Å². The number of aliphatic carboxylic acids is 2. The van der Waals surface area contributed by atoms with Crippen LogP contribution in [0.5, 0.6) is 0 Å². The number of carbonyl (C=O) groups is 4. The van der Waals surface area contributed by atoms with Gasteiger partial charge in [0.2, 0.25) is 5.39 Å². The second-order valence-electron chi connectivity index (χ2n) is 8.89. The molecule has 0 aliphatic rings. The number of benzene rings is 1. The number of diazo groups is 1. The number of nitrogens with zero attached hydrogens (tertiary/aromatic N) is 4. The van der Waals surface area contributed by atoms with Crippen LogP contribution in [0.3, 0.4) is 0 Å². The quantitative estimate of drug-likeness (QED) is 0.138. The molecule has 0 unspecified atom stereocenters. The number of halogens is 6. The van der Waals surface area contributed by atoms with Gasteiger partial charge in [0.05, 0.1) is 21.1 Å². The molecule has 0 bridgehead atoms. The van der Waals surface area contributed by atoms with Crippen LogP contribution in [0, 0.1) is 5.39 Å². The Hall–Kier alpha value is -4.14. The van der Waals surface area contributed by atoms with E-state index in [1.54, 1.807) is 24.3 Å². The lowest BCUT2D eigenvalue weighted by molar-refractivity contribution is -0.870. The van der Waals surface area contributed by atoms with Crippen LogP contribution >= 0.6 is 0 Å². The molecule has 0 fully saturated rings. The van der Waals surface area contributed by atoms with Crippen LogP contribution in [0.1, 0.15) is 27.1 Å². The highest BCUT2D eigenvalue weighted by Gasteiger charge is 2.29. The minimum Gasteiger partial charge on any atom is -0.542 e. The minimum atomic E-state index is -5.19. The van der Waals surface area contributed by atoms with E-state index in [1.807, 2.05) is 21.1 Å². The maximum absolute atomic E-state index is 12.2. The number of rotatable bonds is 10. The number of likely N-dealkylation sites (N-methyl/N-ethyl adjacent to an activating group) is 1. The van der Waals surface area contributed by atoms with E-state index in [2.05, 4.69) is 10.3 Å². The fourth-order valence-corrected chi connectivity index (χ4v) is 2.18. The van der Waals surface area contributed by atoms with E-state index in [-0.39, 0.29) is 19.0 Å². The van der Waals surface area contributed by atoms with Gasteiger partial charge in [-0.25, -0.2) is 4.79 Å². The van der Waals surface area contributed by atoms with Gasteiger partial charge in [-0.3, -0.25) is 9.69 Å². The predicted molar refractivity (Wildman–Crippen MR) is 127 cm³/mol. The van der Waals surface area contributed by atoms with Crippen LogP contribution < -0.4 is 20.4 Å². The summed E-state index contributed by atoms with van der Waals surface area (Å²) in [5.41, 5.74) is 0.932. The largest absolute Gasteiger partial charge is 0.542 e. The summed E-state index contributed by atoms with van der Waals surface area (Å²) in [7, 11) is 5.92. The molecule has 12 nitrogen and oxygen atoms in total. The van der Waals surface area contributed by atoms with E-state index in [4.69, 9.17) is 31.3 Å². The van der Waals surface area contributed by atoms with Crippen LogP contribution in [0.4, 0.5) is 42.5 Å². The third kappa shape index (κ3) is 21.4. The molecule has 0 aliphatic heterocycles. The number of hydrogen-bond donors (Lipinski definition) is 1. The van der Waals surface area contributed by atoms with Crippen LogP contribution in [-0.4, -0.2) is 88.6 Å². The van der Waals surface area contributed by atoms with Crippen LogP contribution in [0.15, 0.2) is 24.3 Å². The van der Waals surface area contributed by atoms with Crippen molar-refractivity contribution in [3.05, 3.63) is 29.2 Å². The fourth-order valence-electron chi connectivity index (χ4n) is 2.18. The summed E-state index contributed by atoms with van der Waals surface area (Å²) in [6, 6.07) is 6.00. The lowest BCUT2D eigenvalue weighted by Crippen LogP contribution is -2.38. The van der Waals surface area contributed by atoms with Gasteiger partial charge in [0.25, 0.3) is 0 Å². The smallest absolute Gasteiger partial charge is 0.430 e. The maximum Gasteiger partial charge on any atom is 0.430 e. The number of anilines is 1. The molecule has 1 rings (SSSR count). The number of carboxylic acids is 2. The first-order chi connectivity index (χ1) is 19.2. The first kappa shape index (κ1) is 36.9. The average molecular weight is 606 g/mol. The summed E-state index contributed by atoms with van der Waals surface area (Å²) in [5.74, 6) is -6.20. The highest BCUT2D eigenvalue weighted by atomic mass is 19.4. The number of carboxylic acid groups (broad SMARTS) is 2. The van der Waals surface area contributed by atoms with Gasteiger partial charge < -0.3 is 34.3 Å². The van der Waals surface area contributed by atoms with Crippen molar-refractivity contribution in [1.29, 1.82) is 5.39 Å². The summed E-state index contributed by atoms with van der Waals surface area (Å²) >= 11 is 0. The van der Waals surface area contributed by atoms with E-state index < -0.39 is 24.3 Å². The average Bonchev–Trinajstić information content (AvgIpc) is 2.85. The van der Waals surface area contributed by atoms with Gasteiger partial charge in [0.15, 0.2) is 4.98 Å². The van der Waals surface area contributed by atoms with Crippen LogP contribution in [-0.2, 0) is 19.1 Å². The number of carbonyl (C=O) groups excluding carboxylic acids is 4. The zero-order valence-corrected chi connectivity index (χ0v) is 22.4. The van der Waals surface area contributed by atoms with E-state index >= 15 is 0 Å². The lowest BCUT2D eigenvalue weighted by Gasteiger charge is -2.23. The van der Waals surface area contributed by atoms with Gasteiger partial charge in [-0.2, -0.15) is 26.3 Å². The molecular weight excluding hydrogens is 572 g/mol. The van der Waals surface area contributed by atoms with Gasteiger partial charge in [-0.15, -0.1) is 0 Å². The number of amides is 2. The second-order valence-corrected chi connectivity index (χ2v) is 8.89. The van der Waals surface area contributed by atoms with Crippen molar-refractivity contribution in [1.82, 2.24) is 5.32 Å². The third-order valence-corrected chi connectivity index (χ3v) is 4.34. The van der Waals surface area contributed by atoms with Crippen LogP contribution in [0.2, 0.25) is 0 Å². The van der Waals surface area contributed by atoms with Crippen molar-refractivity contribution in [2.24, 2.45) is 0 Å². The molecule has 0 saturated heterocycles. The third-order valence-electron chi connectivity index (χ3n) is 4.34. The van der Waals surface area contributed by atoms with Crippen LogP contribution in [0.25, 0.3) is 4.98 Å². The number of alkyl halides is 6. The Morgan fingerprint density at radius 3 is 1.85 bits per heavy atom. The monoisotopic (exact) mass is 605 g/mol. The molecule has 0 aliphatic carbocycles. The summed E-state index contributed by atoms with van der Waals surface area (Å²) in [6.07, 6.45) is -7.75. The molecule has 0 spiro atoms. The number of hydrogen-bond acceptors (Lipinski definition) is 8. The molecule has 0 atom stereocenters. The van der Waals surface area contributed by atoms with Crippen molar-refractivity contribution in [3.8, 4) is 0 Å². The molecule has 18 heteroatoms. The predicted octanol–water partition coefficient (Wildman–Crippen LogP) is 1.72. The lowest BCUT2D eigenvalue weighted by atomic mass is 10.2. The highest BCUT2D eigenvalue weighted by Crippen LogP contribution is 2.18. The Morgan fingerprint density at radius 2 is 1.46 bits per heavy atom. The number of urea groups is 1. The number of ether oxygens (including phenoxy) is 1. The summed E-state index contributed by atoms with van der Waals surface area (Å²) in [5, 5.41) is 29.0. The molecule has 1 aromatic carbocycles. The summed E-state index contributed by atoms with van der Waals surface area (Å²) < 4.78 is 76.6. The van der Waals surface area contributed by atoms with E-state index in [1.165, 1.54) is 4.90 Å². The number of quaternary nitrogens is 1. The molecule has 0 aromatic heterocycles. The Balaban J connectivity index is 0. The molecule has 1 aromatic rings. The van der Waals surface area contributed by atoms with Crippen molar-refractivity contribution in [2.75, 3.05) is 52.8 Å². The molecular formula is C23H31F6N5O7. The fraction of sp³-hybridized carbons (Fsp3) is 0.565. The number of nitrogens with one attached hydrogen (secondary N) is 1. The Kier molecular flexibility index (Phi) is 16.4.